The molecule has 0 bridgehead atoms. The zero-order valence-corrected chi connectivity index (χ0v) is 9.05. The smallest absolute Gasteiger partial charge is 0.205 e. The van der Waals surface area contributed by atoms with Crippen LogP contribution in [-0.2, 0) is 6.54 Å². The second kappa shape index (κ2) is 3.27. The van der Waals surface area contributed by atoms with Crippen molar-refractivity contribution < 1.29 is 0 Å². The van der Waals surface area contributed by atoms with Gasteiger partial charge in [0.05, 0.1) is 4.88 Å². The molecule has 0 fully saturated rings. The second-order valence-corrected chi connectivity index (χ2v) is 4.53. The van der Waals surface area contributed by atoms with Crippen LogP contribution in [0.1, 0.15) is 6.42 Å². The molecule has 5 heteroatoms. The first-order valence-electron chi connectivity index (χ1n) is 5.00. The molecule has 2 aromatic heterocycles. The van der Waals surface area contributed by atoms with E-state index in [-0.39, 0.29) is 0 Å². The maximum atomic E-state index is 6.08. The SMILES string of the molecule is Nc1c(-c2cccs2)nc2n1CCCN2. The minimum Gasteiger partial charge on any atom is -0.383 e. The fourth-order valence-corrected chi connectivity index (χ4v) is 2.58. The lowest BCUT2D eigenvalue weighted by atomic mass is 10.3. The van der Waals surface area contributed by atoms with Crippen molar-refractivity contribution in [1.29, 1.82) is 0 Å². The highest BCUT2D eigenvalue weighted by molar-refractivity contribution is 7.13. The maximum absolute atomic E-state index is 6.08. The van der Waals surface area contributed by atoms with Gasteiger partial charge in [-0.1, -0.05) is 6.07 Å². The number of thiophene rings is 1. The van der Waals surface area contributed by atoms with Crippen LogP contribution in [0.15, 0.2) is 17.5 Å². The second-order valence-electron chi connectivity index (χ2n) is 3.58. The summed E-state index contributed by atoms with van der Waals surface area (Å²) in [6.07, 6.45) is 1.11. The molecule has 3 rings (SSSR count). The number of fused-ring (bicyclic) bond motifs is 1. The lowest BCUT2D eigenvalue weighted by Crippen LogP contribution is -2.18. The van der Waals surface area contributed by atoms with Gasteiger partial charge >= 0.3 is 0 Å². The standard InChI is InChI=1S/C10H12N4S/c11-9-8(7-3-1-6-15-7)13-10-12-4-2-5-14(9)10/h1,3,6H,2,4-5,11H2,(H,12,13). The Morgan fingerprint density at radius 2 is 2.47 bits per heavy atom. The van der Waals surface area contributed by atoms with Gasteiger partial charge in [-0.2, -0.15) is 0 Å². The number of aromatic nitrogens is 2. The molecule has 2 aromatic rings. The quantitative estimate of drug-likeness (QED) is 0.773. The van der Waals surface area contributed by atoms with E-state index in [0.29, 0.717) is 0 Å². The number of nitrogens with zero attached hydrogens (tertiary/aromatic N) is 2. The van der Waals surface area contributed by atoms with Gasteiger partial charge in [-0.05, 0) is 17.9 Å². The summed E-state index contributed by atoms with van der Waals surface area (Å²) in [5, 5.41) is 5.30. The van der Waals surface area contributed by atoms with Crippen LogP contribution < -0.4 is 11.1 Å². The molecule has 0 radical (unpaired) electrons. The van der Waals surface area contributed by atoms with Crippen LogP contribution in [0, 0.1) is 0 Å². The van der Waals surface area contributed by atoms with E-state index in [2.05, 4.69) is 20.9 Å². The highest BCUT2D eigenvalue weighted by Gasteiger charge is 2.18. The number of rotatable bonds is 1. The van der Waals surface area contributed by atoms with Crippen LogP contribution in [0.25, 0.3) is 10.6 Å². The van der Waals surface area contributed by atoms with E-state index in [0.717, 1.165) is 41.8 Å². The molecule has 15 heavy (non-hydrogen) atoms. The number of anilines is 2. The number of hydrogen-bond donors (Lipinski definition) is 2. The maximum Gasteiger partial charge on any atom is 0.205 e. The Bertz CT molecular complexity index is 472. The van der Waals surface area contributed by atoms with Crippen LogP contribution >= 0.6 is 11.3 Å². The summed E-state index contributed by atoms with van der Waals surface area (Å²) in [4.78, 5) is 5.67. The van der Waals surface area contributed by atoms with Gasteiger partial charge < -0.3 is 11.1 Å². The van der Waals surface area contributed by atoms with Crippen LogP contribution in [0.3, 0.4) is 0 Å². The Morgan fingerprint density at radius 1 is 1.53 bits per heavy atom. The first-order valence-corrected chi connectivity index (χ1v) is 5.88. The molecule has 0 unspecified atom stereocenters. The van der Waals surface area contributed by atoms with Crippen LogP contribution in [-0.4, -0.2) is 16.1 Å². The molecule has 1 aliphatic rings. The molecule has 0 saturated carbocycles. The first kappa shape index (κ1) is 8.79. The Hall–Kier alpha value is -1.49. The third-order valence-corrected chi connectivity index (χ3v) is 3.48. The summed E-state index contributed by atoms with van der Waals surface area (Å²) in [6.45, 7) is 1.95. The van der Waals surface area contributed by atoms with Crippen molar-refractivity contribution in [3.8, 4) is 10.6 Å². The van der Waals surface area contributed by atoms with E-state index in [1.165, 1.54) is 0 Å². The molecule has 0 aromatic carbocycles. The Labute approximate surface area is 91.7 Å². The predicted octanol–water partition coefficient (Wildman–Crippen LogP) is 2.01. The Balaban J connectivity index is 2.13. The normalized spacial score (nSPS) is 14.7. The van der Waals surface area contributed by atoms with Crippen LogP contribution in [0.5, 0.6) is 0 Å². The highest BCUT2D eigenvalue weighted by atomic mass is 32.1. The topological polar surface area (TPSA) is 55.9 Å². The van der Waals surface area contributed by atoms with E-state index in [4.69, 9.17) is 5.73 Å². The van der Waals surface area contributed by atoms with E-state index in [1.807, 2.05) is 11.4 Å². The summed E-state index contributed by atoms with van der Waals surface area (Å²) in [5.74, 6) is 1.68. The zero-order valence-electron chi connectivity index (χ0n) is 8.23. The molecule has 0 atom stereocenters. The van der Waals surface area contributed by atoms with Gasteiger partial charge in [0.1, 0.15) is 11.5 Å². The third-order valence-electron chi connectivity index (χ3n) is 2.60. The van der Waals surface area contributed by atoms with Crippen LogP contribution in [0.2, 0.25) is 0 Å². The number of imidazole rings is 1. The average molecular weight is 220 g/mol. The summed E-state index contributed by atoms with van der Waals surface area (Å²) in [5.41, 5.74) is 6.99. The lowest BCUT2D eigenvalue weighted by molar-refractivity contribution is 0.634. The fourth-order valence-electron chi connectivity index (χ4n) is 1.86. The van der Waals surface area contributed by atoms with Crippen molar-refractivity contribution in [2.45, 2.75) is 13.0 Å². The zero-order chi connectivity index (χ0) is 10.3. The molecule has 78 valence electrons. The van der Waals surface area contributed by atoms with Gasteiger partial charge in [0.15, 0.2) is 0 Å². The van der Waals surface area contributed by atoms with Gasteiger partial charge in [-0.15, -0.1) is 11.3 Å². The van der Waals surface area contributed by atoms with Crippen molar-refractivity contribution in [3.63, 3.8) is 0 Å². The third kappa shape index (κ3) is 1.31. The molecule has 0 amide bonds. The molecule has 3 N–H and O–H groups in total. The molecule has 0 spiro atoms. The van der Waals surface area contributed by atoms with Crippen molar-refractivity contribution in [2.75, 3.05) is 17.6 Å². The number of nitrogens with one attached hydrogen (secondary N) is 1. The lowest BCUT2D eigenvalue weighted by Gasteiger charge is -2.15. The van der Waals surface area contributed by atoms with E-state index >= 15 is 0 Å². The van der Waals surface area contributed by atoms with Crippen molar-refractivity contribution in [3.05, 3.63) is 17.5 Å². The van der Waals surface area contributed by atoms with Gasteiger partial charge in [-0.25, -0.2) is 4.98 Å². The number of nitrogen functional groups attached to an aromatic ring is 1. The minimum absolute atomic E-state index is 0.777. The highest BCUT2D eigenvalue weighted by Crippen LogP contribution is 2.32. The molecule has 4 nitrogen and oxygen atoms in total. The molecule has 0 saturated heterocycles. The van der Waals surface area contributed by atoms with Gasteiger partial charge in [-0.3, -0.25) is 4.57 Å². The molecular weight excluding hydrogens is 208 g/mol. The molecule has 1 aliphatic heterocycles. The van der Waals surface area contributed by atoms with Gasteiger partial charge in [0.25, 0.3) is 0 Å². The monoisotopic (exact) mass is 220 g/mol. The van der Waals surface area contributed by atoms with E-state index in [9.17, 15) is 0 Å². The fraction of sp³-hybridized carbons (Fsp3) is 0.300. The molecule has 0 aliphatic carbocycles. The van der Waals surface area contributed by atoms with Crippen molar-refractivity contribution in [1.82, 2.24) is 9.55 Å². The van der Waals surface area contributed by atoms with Crippen LogP contribution in [0.4, 0.5) is 11.8 Å². The summed E-state index contributed by atoms with van der Waals surface area (Å²) in [6, 6.07) is 4.07. The average Bonchev–Trinajstić information content (AvgIpc) is 2.87. The van der Waals surface area contributed by atoms with E-state index < -0.39 is 0 Å². The minimum atomic E-state index is 0.777. The summed E-state index contributed by atoms with van der Waals surface area (Å²) in [7, 11) is 0. The molecule has 3 heterocycles. The number of hydrogen-bond acceptors (Lipinski definition) is 4. The summed E-state index contributed by atoms with van der Waals surface area (Å²) < 4.78 is 2.05. The Morgan fingerprint density at radius 3 is 3.20 bits per heavy atom. The van der Waals surface area contributed by atoms with Gasteiger partial charge in [0, 0.05) is 13.1 Å². The van der Waals surface area contributed by atoms with Crippen molar-refractivity contribution >= 4 is 23.1 Å². The number of nitrogens with two attached hydrogens (primary N) is 1. The van der Waals surface area contributed by atoms with Crippen molar-refractivity contribution in [2.24, 2.45) is 0 Å². The first-order chi connectivity index (χ1) is 7.36. The van der Waals surface area contributed by atoms with E-state index in [1.54, 1.807) is 11.3 Å². The Kier molecular flexibility index (Phi) is 1.92. The summed E-state index contributed by atoms with van der Waals surface area (Å²) >= 11 is 1.67. The largest absolute Gasteiger partial charge is 0.383 e. The molecular formula is C10H12N4S. The van der Waals surface area contributed by atoms with Gasteiger partial charge in [0.2, 0.25) is 5.95 Å². The predicted molar refractivity (Wildman–Crippen MR) is 63.1 cm³/mol.